The SMILES string of the molecule is CNCCC(O)C(O)c1ccccc1CS(C)(=O)=O. The van der Waals surface area contributed by atoms with Gasteiger partial charge in [-0.15, -0.1) is 0 Å². The second-order valence-electron chi connectivity index (χ2n) is 4.67. The minimum absolute atomic E-state index is 0.140. The van der Waals surface area contributed by atoms with Crippen molar-refractivity contribution in [2.45, 2.75) is 24.4 Å². The van der Waals surface area contributed by atoms with Crippen molar-refractivity contribution in [3.63, 3.8) is 0 Å². The second-order valence-corrected chi connectivity index (χ2v) is 6.81. The molecule has 1 rings (SSSR count). The lowest BCUT2D eigenvalue weighted by Gasteiger charge is -2.20. The molecule has 0 bridgehead atoms. The summed E-state index contributed by atoms with van der Waals surface area (Å²) in [5, 5.41) is 22.9. The van der Waals surface area contributed by atoms with E-state index in [2.05, 4.69) is 5.32 Å². The molecule has 0 saturated carbocycles. The molecular weight excluding hydrogens is 266 g/mol. The fourth-order valence-corrected chi connectivity index (χ4v) is 2.72. The first-order valence-corrected chi connectivity index (χ1v) is 8.17. The highest BCUT2D eigenvalue weighted by Crippen LogP contribution is 2.24. The summed E-state index contributed by atoms with van der Waals surface area (Å²) in [6, 6.07) is 6.74. The van der Waals surface area contributed by atoms with Crippen molar-refractivity contribution in [3.05, 3.63) is 35.4 Å². The van der Waals surface area contributed by atoms with Crippen LogP contribution in [0, 0.1) is 0 Å². The molecule has 0 saturated heterocycles. The van der Waals surface area contributed by atoms with Crippen LogP contribution in [0.15, 0.2) is 24.3 Å². The zero-order chi connectivity index (χ0) is 14.5. The van der Waals surface area contributed by atoms with Gasteiger partial charge in [-0.1, -0.05) is 24.3 Å². The molecule has 5 nitrogen and oxygen atoms in total. The first kappa shape index (κ1) is 16.1. The van der Waals surface area contributed by atoms with Gasteiger partial charge in [0.2, 0.25) is 0 Å². The Balaban J connectivity index is 2.93. The molecule has 0 heterocycles. The number of benzene rings is 1. The Kier molecular flexibility index (Phi) is 5.93. The summed E-state index contributed by atoms with van der Waals surface area (Å²) >= 11 is 0. The molecule has 0 radical (unpaired) electrons. The highest BCUT2D eigenvalue weighted by molar-refractivity contribution is 7.89. The lowest BCUT2D eigenvalue weighted by atomic mass is 9.98. The number of sulfone groups is 1. The van der Waals surface area contributed by atoms with Gasteiger partial charge in [-0.25, -0.2) is 8.42 Å². The van der Waals surface area contributed by atoms with Crippen LogP contribution >= 0.6 is 0 Å². The van der Waals surface area contributed by atoms with Crippen molar-refractivity contribution in [3.8, 4) is 0 Å². The Morgan fingerprint density at radius 2 is 1.89 bits per heavy atom. The predicted molar refractivity (Wildman–Crippen MR) is 74.5 cm³/mol. The fourth-order valence-electron chi connectivity index (χ4n) is 1.89. The molecule has 0 aromatic heterocycles. The van der Waals surface area contributed by atoms with Crippen molar-refractivity contribution >= 4 is 9.84 Å². The summed E-state index contributed by atoms with van der Waals surface area (Å²) in [5.41, 5.74) is 0.998. The highest BCUT2D eigenvalue weighted by atomic mass is 32.2. The number of rotatable bonds is 7. The largest absolute Gasteiger partial charge is 0.390 e. The summed E-state index contributed by atoms with van der Waals surface area (Å²) < 4.78 is 22.7. The Morgan fingerprint density at radius 3 is 2.47 bits per heavy atom. The van der Waals surface area contributed by atoms with Crippen LogP contribution in [0.1, 0.15) is 23.7 Å². The van der Waals surface area contributed by atoms with Gasteiger partial charge in [-0.2, -0.15) is 0 Å². The molecule has 0 aliphatic rings. The van der Waals surface area contributed by atoms with Gasteiger partial charge in [-0.05, 0) is 31.1 Å². The van der Waals surface area contributed by atoms with E-state index in [1.165, 1.54) is 0 Å². The first-order valence-electron chi connectivity index (χ1n) is 6.11. The predicted octanol–water partition coefficient (Wildman–Crippen LogP) is 0.235. The van der Waals surface area contributed by atoms with E-state index < -0.39 is 22.0 Å². The van der Waals surface area contributed by atoms with Crippen molar-refractivity contribution in [2.24, 2.45) is 0 Å². The van der Waals surface area contributed by atoms with Crippen LogP contribution in [0.2, 0.25) is 0 Å². The molecule has 0 fully saturated rings. The van der Waals surface area contributed by atoms with Crippen LogP contribution in [0.25, 0.3) is 0 Å². The third-order valence-corrected chi connectivity index (χ3v) is 3.68. The van der Waals surface area contributed by atoms with Crippen LogP contribution in [0.3, 0.4) is 0 Å². The lowest BCUT2D eigenvalue weighted by Crippen LogP contribution is -2.24. The number of aliphatic hydroxyl groups excluding tert-OH is 2. The van der Waals surface area contributed by atoms with Gasteiger partial charge in [0.15, 0.2) is 9.84 Å². The quantitative estimate of drug-likeness (QED) is 0.668. The second kappa shape index (κ2) is 7.00. The van der Waals surface area contributed by atoms with Gasteiger partial charge in [0.1, 0.15) is 6.10 Å². The van der Waals surface area contributed by atoms with E-state index in [0.717, 1.165) is 6.26 Å². The zero-order valence-electron chi connectivity index (χ0n) is 11.2. The summed E-state index contributed by atoms with van der Waals surface area (Å²) in [5.74, 6) is -0.140. The highest BCUT2D eigenvalue weighted by Gasteiger charge is 2.21. The number of hydrogen-bond donors (Lipinski definition) is 3. The summed E-state index contributed by atoms with van der Waals surface area (Å²) in [6.07, 6.45) is -0.460. The maximum atomic E-state index is 11.4. The summed E-state index contributed by atoms with van der Waals surface area (Å²) in [6.45, 7) is 0.576. The zero-order valence-corrected chi connectivity index (χ0v) is 12.0. The third-order valence-electron chi connectivity index (χ3n) is 2.85. The molecule has 2 unspecified atom stereocenters. The molecular formula is C13H21NO4S. The molecule has 0 spiro atoms. The van der Waals surface area contributed by atoms with E-state index >= 15 is 0 Å². The van der Waals surface area contributed by atoms with Gasteiger partial charge in [0.05, 0.1) is 11.9 Å². The molecule has 0 aliphatic heterocycles. The fraction of sp³-hybridized carbons (Fsp3) is 0.538. The maximum Gasteiger partial charge on any atom is 0.151 e. The van der Waals surface area contributed by atoms with Crippen LogP contribution in [0.5, 0.6) is 0 Å². The average molecular weight is 287 g/mol. The van der Waals surface area contributed by atoms with Gasteiger partial charge in [0.25, 0.3) is 0 Å². The molecule has 1 aromatic carbocycles. The minimum atomic E-state index is -3.18. The van der Waals surface area contributed by atoms with Crippen LogP contribution in [-0.2, 0) is 15.6 Å². The van der Waals surface area contributed by atoms with Crippen LogP contribution < -0.4 is 5.32 Å². The monoisotopic (exact) mass is 287 g/mol. The molecule has 108 valence electrons. The molecule has 1 aromatic rings. The Hall–Kier alpha value is -0.950. The number of hydrogen-bond acceptors (Lipinski definition) is 5. The number of aliphatic hydroxyl groups is 2. The van der Waals surface area contributed by atoms with Crippen LogP contribution in [-0.4, -0.2) is 44.6 Å². The lowest BCUT2D eigenvalue weighted by molar-refractivity contribution is 0.0136. The van der Waals surface area contributed by atoms with Crippen LogP contribution in [0.4, 0.5) is 0 Å². The smallest absolute Gasteiger partial charge is 0.151 e. The van der Waals surface area contributed by atoms with Gasteiger partial charge >= 0.3 is 0 Å². The first-order chi connectivity index (χ1) is 8.85. The van der Waals surface area contributed by atoms with Gasteiger partial charge < -0.3 is 15.5 Å². The molecule has 6 heteroatoms. The topological polar surface area (TPSA) is 86.6 Å². The average Bonchev–Trinajstić information content (AvgIpc) is 2.34. The number of nitrogens with one attached hydrogen (secondary N) is 1. The molecule has 19 heavy (non-hydrogen) atoms. The Morgan fingerprint density at radius 1 is 1.26 bits per heavy atom. The minimum Gasteiger partial charge on any atom is -0.390 e. The summed E-state index contributed by atoms with van der Waals surface area (Å²) in [7, 11) is -1.42. The maximum absolute atomic E-state index is 11.4. The third kappa shape index (κ3) is 5.28. The van der Waals surface area contributed by atoms with E-state index in [1.807, 2.05) is 0 Å². The Labute approximate surface area is 114 Å². The molecule has 0 aliphatic carbocycles. The van der Waals surface area contributed by atoms with E-state index in [0.29, 0.717) is 24.1 Å². The van der Waals surface area contributed by atoms with Crippen molar-refractivity contribution in [2.75, 3.05) is 19.8 Å². The van der Waals surface area contributed by atoms with Crippen molar-refractivity contribution < 1.29 is 18.6 Å². The normalized spacial score (nSPS) is 15.2. The van der Waals surface area contributed by atoms with Gasteiger partial charge in [0, 0.05) is 6.26 Å². The van der Waals surface area contributed by atoms with Crippen molar-refractivity contribution in [1.29, 1.82) is 0 Å². The van der Waals surface area contributed by atoms with E-state index in [9.17, 15) is 18.6 Å². The van der Waals surface area contributed by atoms with E-state index in [4.69, 9.17) is 0 Å². The summed E-state index contributed by atoms with van der Waals surface area (Å²) in [4.78, 5) is 0. The van der Waals surface area contributed by atoms with Crippen molar-refractivity contribution in [1.82, 2.24) is 5.32 Å². The van der Waals surface area contributed by atoms with E-state index in [1.54, 1.807) is 31.3 Å². The molecule has 3 N–H and O–H groups in total. The Bertz CT molecular complexity index is 501. The standard InChI is InChI=1S/C13H21NO4S/c1-14-8-7-12(15)13(16)11-6-4-3-5-10(11)9-19(2,17)18/h3-6,12-16H,7-9H2,1-2H3. The van der Waals surface area contributed by atoms with Gasteiger partial charge in [-0.3, -0.25) is 0 Å². The molecule has 2 atom stereocenters. The van der Waals surface area contributed by atoms with E-state index in [-0.39, 0.29) is 5.75 Å². The molecule has 0 amide bonds.